The summed E-state index contributed by atoms with van der Waals surface area (Å²) in [5.74, 6) is 0. The van der Waals surface area contributed by atoms with Gasteiger partial charge in [0.1, 0.15) is 0 Å². The number of aliphatic imine (C=N–C) groups is 1. The van der Waals surface area contributed by atoms with Crippen LogP contribution >= 0.6 is 11.3 Å². The molecule has 2 rings (SSSR count). The third-order valence-electron chi connectivity index (χ3n) is 3.45. The fraction of sp³-hybridized carbons (Fsp3) is 0.615. The maximum Gasteiger partial charge on any atom is 0.268 e. The molecule has 100 valence electrons. The summed E-state index contributed by atoms with van der Waals surface area (Å²) >= 11 is 1.73. The first-order valence-electron chi connectivity index (χ1n) is 6.67. The Bertz CT molecular complexity index is 382. The lowest BCUT2D eigenvalue weighted by atomic mass is 10.4. The second-order valence-corrected chi connectivity index (χ2v) is 9.50. The van der Waals surface area contributed by atoms with Crippen LogP contribution in [0.3, 0.4) is 0 Å². The Hall–Kier alpha value is -0.493. The van der Waals surface area contributed by atoms with Gasteiger partial charge >= 0.3 is 0 Å². The molecule has 5 heteroatoms. The fourth-order valence-corrected chi connectivity index (χ4v) is 6.40. The highest BCUT2D eigenvalue weighted by Crippen LogP contribution is 2.26. The quantitative estimate of drug-likeness (QED) is 0.592. The van der Waals surface area contributed by atoms with Gasteiger partial charge in [-0.2, -0.15) is 0 Å². The smallest absolute Gasteiger partial charge is 0.268 e. The van der Waals surface area contributed by atoms with Crippen LogP contribution in [0.1, 0.15) is 18.2 Å². The molecule has 1 fully saturated rings. The van der Waals surface area contributed by atoms with E-state index in [1.165, 1.54) is 23.9 Å². The van der Waals surface area contributed by atoms with Gasteiger partial charge in [0.15, 0.2) is 0 Å². The van der Waals surface area contributed by atoms with Crippen molar-refractivity contribution in [3.63, 3.8) is 0 Å². The number of nitrogens with zero attached hydrogens (tertiary/aromatic N) is 2. The highest BCUT2D eigenvalue weighted by atomic mass is 32.1. The first-order valence-corrected chi connectivity index (χ1v) is 10.1. The molecule has 0 amide bonds. The Morgan fingerprint density at radius 2 is 2.50 bits per heavy atom. The number of hydrogen-bond acceptors (Lipinski definition) is 4. The summed E-state index contributed by atoms with van der Waals surface area (Å²) in [4.78, 5) is 5.75. The zero-order chi connectivity index (χ0) is 12.8. The number of hydrogen-bond donors (Lipinski definition) is 0. The first kappa shape index (κ1) is 13.9. The van der Waals surface area contributed by atoms with E-state index in [9.17, 15) is 0 Å². The minimum Gasteiger partial charge on any atom is -0.403 e. The molecular formula is C13H22N2OSSi. The highest BCUT2D eigenvalue weighted by Gasteiger charge is 2.40. The molecule has 0 bridgehead atoms. The van der Waals surface area contributed by atoms with E-state index in [1.807, 2.05) is 6.21 Å². The normalized spacial score (nSPS) is 25.2. The van der Waals surface area contributed by atoms with Gasteiger partial charge in [0, 0.05) is 24.2 Å². The SMILES string of the molecule is CCO[Si]1(C)CCCN1CCN=Cc1cccs1. The van der Waals surface area contributed by atoms with E-state index in [1.54, 1.807) is 11.3 Å². The molecule has 1 aromatic heterocycles. The standard InChI is InChI=1S/C13H22N2OSSi/c1-3-16-18(2)11-5-8-15(18)9-7-14-12-13-6-4-10-17-13/h4,6,10,12H,3,5,7-9,11H2,1-2H3. The van der Waals surface area contributed by atoms with E-state index < -0.39 is 8.48 Å². The molecule has 1 unspecified atom stereocenters. The molecule has 0 saturated carbocycles. The van der Waals surface area contributed by atoms with Crippen LogP contribution in [0.25, 0.3) is 0 Å². The minimum atomic E-state index is -1.57. The Kier molecular flexibility index (Phi) is 5.11. The lowest BCUT2D eigenvalue weighted by Gasteiger charge is -2.31. The summed E-state index contributed by atoms with van der Waals surface area (Å²) in [6.45, 7) is 8.41. The van der Waals surface area contributed by atoms with Crippen molar-refractivity contribution < 1.29 is 4.43 Å². The van der Waals surface area contributed by atoms with Gasteiger partial charge in [0.25, 0.3) is 8.48 Å². The fourth-order valence-electron chi connectivity index (χ4n) is 2.51. The Labute approximate surface area is 115 Å². The van der Waals surface area contributed by atoms with Gasteiger partial charge in [-0.1, -0.05) is 6.07 Å². The molecule has 0 aliphatic carbocycles. The molecule has 1 saturated heterocycles. The molecule has 0 spiro atoms. The molecule has 1 atom stereocenters. The molecule has 3 nitrogen and oxygen atoms in total. The molecule has 1 aliphatic heterocycles. The highest BCUT2D eigenvalue weighted by molar-refractivity contribution is 7.11. The summed E-state index contributed by atoms with van der Waals surface area (Å²) in [5, 5.41) is 2.08. The van der Waals surface area contributed by atoms with Crippen molar-refractivity contribution in [2.45, 2.75) is 25.9 Å². The van der Waals surface area contributed by atoms with Crippen molar-refractivity contribution in [1.29, 1.82) is 0 Å². The average molecular weight is 282 g/mol. The Morgan fingerprint density at radius 1 is 1.61 bits per heavy atom. The van der Waals surface area contributed by atoms with Gasteiger partial charge in [0.05, 0.1) is 6.54 Å². The van der Waals surface area contributed by atoms with Crippen LogP contribution in [0.15, 0.2) is 22.5 Å². The van der Waals surface area contributed by atoms with Gasteiger partial charge in [-0.05, 0) is 43.9 Å². The van der Waals surface area contributed by atoms with E-state index in [4.69, 9.17) is 4.43 Å². The zero-order valence-corrected chi connectivity index (χ0v) is 13.1. The second-order valence-electron chi connectivity index (χ2n) is 4.75. The topological polar surface area (TPSA) is 24.8 Å². The van der Waals surface area contributed by atoms with E-state index in [0.29, 0.717) is 0 Å². The Balaban J connectivity index is 1.79. The largest absolute Gasteiger partial charge is 0.403 e. The molecule has 2 heterocycles. The van der Waals surface area contributed by atoms with E-state index in [2.05, 4.69) is 40.5 Å². The third-order valence-corrected chi connectivity index (χ3v) is 8.24. The summed E-state index contributed by atoms with van der Waals surface area (Å²) in [6, 6.07) is 5.43. The van der Waals surface area contributed by atoms with Crippen molar-refractivity contribution >= 4 is 26.0 Å². The number of rotatable bonds is 6. The van der Waals surface area contributed by atoms with E-state index in [-0.39, 0.29) is 0 Å². The number of thiophene rings is 1. The average Bonchev–Trinajstić information content (AvgIpc) is 2.96. The maximum absolute atomic E-state index is 6.02. The lowest BCUT2D eigenvalue weighted by molar-refractivity contribution is 0.272. The van der Waals surface area contributed by atoms with Gasteiger partial charge in [-0.3, -0.25) is 4.99 Å². The molecule has 1 aromatic rings. The predicted molar refractivity (Wildman–Crippen MR) is 81.0 cm³/mol. The molecule has 1 aliphatic rings. The van der Waals surface area contributed by atoms with Crippen LogP contribution in [0.4, 0.5) is 0 Å². The van der Waals surface area contributed by atoms with Crippen molar-refractivity contribution in [1.82, 2.24) is 4.57 Å². The monoisotopic (exact) mass is 282 g/mol. The van der Waals surface area contributed by atoms with Crippen molar-refractivity contribution in [2.24, 2.45) is 4.99 Å². The molecule has 0 radical (unpaired) electrons. The summed E-state index contributed by atoms with van der Waals surface area (Å²) in [7, 11) is -1.57. The maximum atomic E-state index is 6.02. The van der Waals surface area contributed by atoms with Gasteiger partial charge in [-0.25, -0.2) is 0 Å². The summed E-state index contributed by atoms with van der Waals surface area (Å²) < 4.78 is 8.58. The molecule has 0 N–H and O–H groups in total. The van der Waals surface area contributed by atoms with Gasteiger partial charge < -0.3 is 8.99 Å². The second kappa shape index (κ2) is 6.61. The molecule has 18 heavy (non-hydrogen) atoms. The van der Waals surface area contributed by atoms with Crippen LogP contribution in [0, 0.1) is 0 Å². The van der Waals surface area contributed by atoms with E-state index >= 15 is 0 Å². The van der Waals surface area contributed by atoms with Crippen LogP contribution in [-0.2, 0) is 4.43 Å². The van der Waals surface area contributed by atoms with Crippen LogP contribution in [0.5, 0.6) is 0 Å². The van der Waals surface area contributed by atoms with Crippen molar-refractivity contribution in [3.05, 3.63) is 22.4 Å². The summed E-state index contributed by atoms with van der Waals surface area (Å²) in [6.07, 6.45) is 3.28. The molecular weight excluding hydrogens is 260 g/mol. The van der Waals surface area contributed by atoms with E-state index in [0.717, 1.165) is 19.7 Å². The Morgan fingerprint density at radius 3 is 3.22 bits per heavy atom. The van der Waals surface area contributed by atoms with Crippen molar-refractivity contribution in [2.75, 3.05) is 26.2 Å². The third kappa shape index (κ3) is 3.51. The van der Waals surface area contributed by atoms with Crippen molar-refractivity contribution in [3.8, 4) is 0 Å². The minimum absolute atomic E-state index is 0.845. The van der Waals surface area contributed by atoms with Crippen LogP contribution in [0.2, 0.25) is 12.6 Å². The zero-order valence-electron chi connectivity index (χ0n) is 11.3. The molecule has 0 aromatic carbocycles. The summed E-state index contributed by atoms with van der Waals surface area (Å²) in [5.41, 5.74) is 0. The predicted octanol–water partition coefficient (Wildman–Crippen LogP) is 2.98. The first-order chi connectivity index (χ1) is 8.74. The van der Waals surface area contributed by atoms with Gasteiger partial charge in [0.2, 0.25) is 0 Å². The van der Waals surface area contributed by atoms with Gasteiger partial charge in [-0.15, -0.1) is 11.3 Å². The van der Waals surface area contributed by atoms with Crippen LogP contribution < -0.4 is 0 Å². The van der Waals surface area contributed by atoms with Crippen LogP contribution in [-0.4, -0.2) is 45.5 Å². The lowest BCUT2D eigenvalue weighted by Crippen LogP contribution is -2.49.